The maximum atomic E-state index is 15.5. The number of hydrogen-bond acceptors (Lipinski definition) is 4. The first kappa shape index (κ1) is 20.4. The van der Waals surface area contributed by atoms with E-state index in [2.05, 4.69) is 0 Å². The molecule has 6 nitrogen and oxygen atoms in total. The molecule has 1 aliphatic heterocycles. The van der Waals surface area contributed by atoms with Gasteiger partial charge in [-0.15, -0.1) is 0 Å². The molecule has 0 radical (unpaired) electrons. The number of carboxylic acids is 1. The van der Waals surface area contributed by atoms with E-state index in [0.717, 1.165) is 18.9 Å². The number of aromatic carboxylic acids is 1. The Morgan fingerprint density at radius 2 is 1.90 bits per heavy atom. The zero-order chi connectivity index (χ0) is 22.0. The molecule has 8 heteroatoms. The van der Waals surface area contributed by atoms with Gasteiger partial charge in [-0.1, -0.05) is 26.8 Å². The van der Waals surface area contributed by atoms with E-state index >= 15 is 4.39 Å². The van der Waals surface area contributed by atoms with Gasteiger partial charge in [0.1, 0.15) is 17.1 Å². The summed E-state index contributed by atoms with van der Waals surface area (Å²) >= 11 is 0. The smallest absolute Gasteiger partial charge is 0.341 e. The Kier molecular flexibility index (Phi) is 4.63. The maximum absolute atomic E-state index is 15.5. The fourth-order valence-electron chi connectivity index (χ4n) is 4.00. The molecule has 0 spiro atoms. The zero-order valence-corrected chi connectivity index (χ0v) is 17.2. The van der Waals surface area contributed by atoms with E-state index in [-0.39, 0.29) is 34.0 Å². The minimum atomic E-state index is -1.41. The number of carbonyl (C=O) groups is 1. The van der Waals surface area contributed by atoms with Gasteiger partial charge >= 0.3 is 5.97 Å². The third-order valence-electron chi connectivity index (χ3n) is 5.62. The van der Waals surface area contributed by atoms with Crippen molar-refractivity contribution in [1.82, 2.24) is 4.57 Å². The van der Waals surface area contributed by atoms with Crippen molar-refractivity contribution in [2.24, 2.45) is 17.1 Å². The summed E-state index contributed by atoms with van der Waals surface area (Å²) in [7, 11) is 0. The van der Waals surface area contributed by atoms with Gasteiger partial charge in [0.15, 0.2) is 5.82 Å². The summed E-state index contributed by atoms with van der Waals surface area (Å²) in [6.45, 7) is 6.84. The predicted octanol–water partition coefficient (Wildman–Crippen LogP) is 3.64. The van der Waals surface area contributed by atoms with Crippen LogP contribution in [0.2, 0.25) is 0 Å². The third-order valence-corrected chi connectivity index (χ3v) is 5.62. The number of anilines is 1. The van der Waals surface area contributed by atoms with E-state index in [1.54, 1.807) is 4.90 Å². The Bertz CT molecular complexity index is 1140. The Hall–Kier alpha value is -2.90. The van der Waals surface area contributed by atoms with E-state index < -0.39 is 28.6 Å². The van der Waals surface area contributed by atoms with Crippen molar-refractivity contribution in [2.75, 3.05) is 18.0 Å². The first-order chi connectivity index (χ1) is 14.0. The summed E-state index contributed by atoms with van der Waals surface area (Å²) in [5.41, 5.74) is 5.17. The number of benzene rings is 1. The molecule has 0 amide bonds. The lowest BCUT2D eigenvalue weighted by atomic mass is 9.88. The summed E-state index contributed by atoms with van der Waals surface area (Å²) < 4.78 is 31.9. The van der Waals surface area contributed by atoms with Crippen molar-refractivity contribution in [3.05, 3.63) is 51.5 Å². The van der Waals surface area contributed by atoms with Gasteiger partial charge in [0.05, 0.1) is 10.9 Å². The van der Waals surface area contributed by atoms with Crippen molar-refractivity contribution in [3.8, 4) is 0 Å². The highest BCUT2D eigenvalue weighted by molar-refractivity contribution is 5.94. The second-order valence-corrected chi connectivity index (χ2v) is 9.34. The highest BCUT2D eigenvalue weighted by Gasteiger charge is 2.36. The quantitative estimate of drug-likeness (QED) is 0.793. The molecular formula is C22H25F2N3O3. The van der Waals surface area contributed by atoms with Crippen molar-refractivity contribution in [1.29, 1.82) is 0 Å². The number of hydrogen-bond donors (Lipinski definition) is 2. The fourth-order valence-corrected chi connectivity index (χ4v) is 4.00. The van der Waals surface area contributed by atoms with Crippen LogP contribution in [0.15, 0.2) is 28.8 Å². The molecule has 4 rings (SSSR count). The second kappa shape index (κ2) is 6.82. The molecule has 160 valence electrons. The molecule has 1 saturated heterocycles. The van der Waals surface area contributed by atoms with Crippen LogP contribution in [0.5, 0.6) is 0 Å². The van der Waals surface area contributed by atoms with Gasteiger partial charge in [0, 0.05) is 36.9 Å². The molecule has 30 heavy (non-hydrogen) atoms. The summed E-state index contributed by atoms with van der Waals surface area (Å²) in [5, 5.41) is 9.07. The minimum Gasteiger partial charge on any atom is -0.477 e. The second-order valence-electron chi connectivity index (χ2n) is 9.34. The molecule has 0 atom stereocenters. The standard InChI is InChI=1S/C22H25F2N3O3/c1-22(2,3)7-16(25)11-8-26(9-11)19-15(23)6-13-18(17(19)24)27(12-4-5-12)10-14(20(13)28)21(29)30/h6-7,10-12H,4-5,8-9,25H2,1-3H3,(H,29,30). The number of carboxylic acid groups (broad SMARTS) is 1. The normalized spacial score (nSPS) is 18.0. The topological polar surface area (TPSA) is 88.6 Å². The van der Waals surface area contributed by atoms with Gasteiger partial charge in [0.2, 0.25) is 5.43 Å². The van der Waals surface area contributed by atoms with Crippen molar-refractivity contribution in [2.45, 2.75) is 39.7 Å². The number of fused-ring (bicyclic) bond motifs is 1. The van der Waals surface area contributed by atoms with Gasteiger partial charge in [-0.05, 0) is 24.3 Å². The minimum absolute atomic E-state index is 0.00117. The zero-order valence-electron chi connectivity index (χ0n) is 17.2. The highest BCUT2D eigenvalue weighted by Crippen LogP contribution is 2.41. The van der Waals surface area contributed by atoms with Gasteiger partial charge in [-0.25, -0.2) is 13.6 Å². The molecule has 1 aromatic heterocycles. The SMILES string of the molecule is CC(C)(C)C=C(N)C1CN(c2c(F)cc3c(=O)c(C(=O)O)cn(C4CC4)c3c2F)C1. The molecule has 2 fully saturated rings. The van der Waals surface area contributed by atoms with Crippen LogP contribution >= 0.6 is 0 Å². The van der Waals surface area contributed by atoms with E-state index in [1.165, 1.54) is 10.8 Å². The molecule has 1 aliphatic carbocycles. The van der Waals surface area contributed by atoms with Gasteiger partial charge in [-0.2, -0.15) is 0 Å². The van der Waals surface area contributed by atoms with Gasteiger partial charge in [-0.3, -0.25) is 4.79 Å². The predicted molar refractivity (Wildman–Crippen MR) is 111 cm³/mol. The van der Waals surface area contributed by atoms with Gasteiger partial charge in [0.25, 0.3) is 0 Å². The molecule has 1 aromatic carbocycles. The summed E-state index contributed by atoms with van der Waals surface area (Å²) in [6.07, 6.45) is 4.64. The Labute approximate surface area is 172 Å². The van der Waals surface area contributed by atoms with Crippen LogP contribution in [0.3, 0.4) is 0 Å². The number of pyridine rings is 1. The molecule has 0 unspecified atom stereocenters. The molecular weight excluding hydrogens is 392 g/mol. The van der Waals surface area contributed by atoms with Crippen LogP contribution in [0.1, 0.15) is 50.0 Å². The third kappa shape index (κ3) is 3.44. The van der Waals surface area contributed by atoms with Crippen LogP contribution in [-0.4, -0.2) is 28.7 Å². The van der Waals surface area contributed by atoms with E-state index in [4.69, 9.17) is 5.73 Å². The summed E-state index contributed by atoms with van der Waals surface area (Å²) in [6, 6.07) is 0.872. The average Bonchev–Trinajstić information content (AvgIpc) is 3.40. The van der Waals surface area contributed by atoms with E-state index in [1.807, 2.05) is 26.8 Å². The monoisotopic (exact) mass is 417 g/mol. The summed E-state index contributed by atoms with van der Waals surface area (Å²) in [5.74, 6) is -3.12. The van der Waals surface area contributed by atoms with Crippen LogP contribution in [-0.2, 0) is 0 Å². The van der Waals surface area contributed by atoms with Crippen LogP contribution in [0, 0.1) is 23.0 Å². The van der Waals surface area contributed by atoms with Crippen LogP contribution < -0.4 is 16.1 Å². The van der Waals surface area contributed by atoms with E-state index in [9.17, 15) is 19.1 Å². The molecule has 2 aliphatic rings. The Balaban J connectivity index is 1.78. The Morgan fingerprint density at radius 3 is 2.43 bits per heavy atom. The molecule has 2 aromatic rings. The molecule has 3 N–H and O–H groups in total. The summed E-state index contributed by atoms with van der Waals surface area (Å²) in [4.78, 5) is 25.6. The number of halogens is 2. The number of aromatic nitrogens is 1. The number of rotatable bonds is 4. The first-order valence-electron chi connectivity index (χ1n) is 10.0. The van der Waals surface area contributed by atoms with Gasteiger partial charge < -0.3 is 20.3 Å². The maximum Gasteiger partial charge on any atom is 0.341 e. The Morgan fingerprint density at radius 1 is 1.27 bits per heavy atom. The lowest BCUT2D eigenvalue weighted by molar-refractivity contribution is 0.0694. The molecule has 0 bridgehead atoms. The molecule has 1 saturated carbocycles. The first-order valence-corrected chi connectivity index (χ1v) is 10.0. The largest absolute Gasteiger partial charge is 0.477 e. The lowest BCUT2D eigenvalue weighted by Gasteiger charge is -2.42. The van der Waals surface area contributed by atoms with Crippen molar-refractivity contribution >= 4 is 22.6 Å². The fraction of sp³-hybridized carbons (Fsp3) is 0.455. The number of allylic oxidation sites excluding steroid dienone is 1. The van der Waals surface area contributed by atoms with Crippen LogP contribution in [0.25, 0.3) is 10.9 Å². The number of nitrogens with zero attached hydrogens (tertiary/aromatic N) is 2. The van der Waals surface area contributed by atoms with E-state index in [0.29, 0.717) is 18.8 Å². The average molecular weight is 417 g/mol. The highest BCUT2D eigenvalue weighted by atomic mass is 19.1. The molecule has 2 heterocycles. The number of nitrogens with two attached hydrogens (primary N) is 1. The lowest BCUT2D eigenvalue weighted by Crippen LogP contribution is -2.50. The van der Waals surface area contributed by atoms with Crippen molar-refractivity contribution in [3.63, 3.8) is 0 Å². The van der Waals surface area contributed by atoms with Crippen LogP contribution in [0.4, 0.5) is 14.5 Å². The van der Waals surface area contributed by atoms with Crippen molar-refractivity contribution < 1.29 is 18.7 Å².